The van der Waals surface area contributed by atoms with Crippen molar-refractivity contribution >= 4 is 29.0 Å². The summed E-state index contributed by atoms with van der Waals surface area (Å²) in [6.07, 6.45) is 6.42. The van der Waals surface area contributed by atoms with Gasteiger partial charge in [0.2, 0.25) is 5.95 Å². The van der Waals surface area contributed by atoms with E-state index in [2.05, 4.69) is 38.4 Å². The van der Waals surface area contributed by atoms with Crippen molar-refractivity contribution in [2.45, 2.75) is 13.8 Å². The maximum absolute atomic E-state index is 11.9. The highest BCUT2D eigenvalue weighted by Crippen LogP contribution is 2.23. The summed E-state index contributed by atoms with van der Waals surface area (Å²) in [4.78, 5) is 33.6. The molecule has 1 aliphatic rings. The van der Waals surface area contributed by atoms with E-state index in [1.54, 1.807) is 30.3 Å². The van der Waals surface area contributed by atoms with Gasteiger partial charge in [-0.25, -0.2) is 14.8 Å². The van der Waals surface area contributed by atoms with Crippen LogP contribution in [0, 0.1) is 0 Å². The zero-order valence-electron chi connectivity index (χ0n) is 16.8. The summed E-state index contributed by atoms with van der Waals surface area (Å²) < 4.78 is 5.07. The Kier molecular flexibility index (Phi) is 6.38. The third-order valence-corrected chi connectivity index (χ3v) is 4.41. The van der Waals surface area contributed by atoms with Crippen molar-refractivity contribution in [1.82, 2.24) is 24.8 Å². The van der Waals surface area contributed by atoms with Gasteiger partial charge in [-0.15, -0.1) is 0 Å². The third kappa shape index (κ3) is 4.68. The average Bonchev–Trinajstić information content (AvgIpc) is 2.73. The Balaban J connectivity index is 1.88. The molecule has 9 nitrogen and oxygen atoms in total. The summed E-state index contributed by atoms with van der Waals surface area (Å²) in [5.41, 5.74) is 2.68. The number of allylic oxidation sites excluding steroid dienone is 3. The number of amides is 1. The van der Waals surface area contributed by atoms with Crippen molar-refractivity contribution in [2.24, 2.45) is 0 Å². The van der Waals surface area contributed by atoms with Crippen LogP contribution in [0.4, 0.5) is 16.6 Å². The van der Waals surface area contributed by atoms with Gasteiger partial charge in [0.15, 0.2) is 17.0 Å². The molecule has 0 radical (unpaired) electrons. The summed E-state index contributed by atoms with van der Waals surface area (Å²) in [5.74, 6) is 1.07. The largest absolute Gasteiger partial charge is 0.450 e. The van der Waals surface area contributed by atoms with Crippen LogP contribution in [-0.2, 0) is 4.74 Å². The van der Waals surface area contributed by atoms with Crippen molar-refractivity contribution in [3.63, 3.8) is 0 Å². The van der Waals surface area contributed by atoms with Crippen molar-refractivity contribution in [3.05, 3.63) is 49.0 Å². The first-order valence-corrected chi connectivity index (χ1v) is 9.44. The van der Waals surface area contributed by atoms with Crippen LogP contribution in [0.25, 0.3) is 11.2 Å². The number of piperazine rings is 1. The van der Waals surface area contributed by atoms with Crippen LogP contribution in [-0.4, -0.2) is 63.7 Å². The molecule has 29 heavy (non-hydrogen) atoms. The highest BCUT2D eigenvalue weighted by molar-refractivity contribution is 5.84. The Hall–Kier alpha value is -3.49. The van der Waals surface area contributed by atoms with Crippen molar-refractivity contribution < 1.29 is 9.53 Å². The molecule has 2 aromatic rings. The predicted octanol–water partition coefficient (Wildman–Crippen LogP) is 2.76. The molecule has 0 saturated carbocycles. The van der Waals surface area contributed by atoms with Crippen LogP contribution in [0.15, 0.2) is 49.0 Å². The van der Waals surface area contributed by atoms with Crippen LogP contribution in [0.5, 0.6) is 0 Å². The SMILES string of the molecule is C=C/C=C(/Nc1nc(N2CCN(C(=O)OCC)CC2)nc2nccnc12)C(=C)C. The minimum atomic E-state index is -0.291. The van der Waals surface area contributed by atoms with E-state index < -0.39 is 0 Å². The predicted molar refractivity (Wildman–Crippen MR) is 113 cm³/mol. The number of hydrogen-bond acceptors (Lipinski definition) is 8. The van der Waals surface area contributed by atoms with Gasteiger partial charge in [0.1, 0.15) is 0 Å². The number of hydrogen-bond donors (Lipinski definition) is 1. The van der Waals surface area contributed by atoms with E-state index in [9.17, 15) is 4.79 Å². The van der Waals surface area contributed by atoms with Gasteiger partial charge in [0.25, 0.3) is 0 Å². The lowest BCUT2D eigenvalue weighted by Crippen LogP contribution is -2.49. The molecule has 9 heteroatoms. The molecule has 3 heterocycles. The second kappa shape index (κ2) is 9.13. The number of anilines is 2. The molecule has 1 aliphatic heterocycles. The minimum Gasteiger partial charge on any atom is -0.450 e. The van der Waals surface area contributed by atoms with Crippen molar-refractivity contribution in [2.75, 3.05) is 43.0 Å². The summed E-state index contributed by atoms with van der Waals surface area (Å²) in [5, 5.41) is 3.27. The Labute approximate surface area is 169 Å². The maximum Gasteiger partial charge on any atom is 0.409 e. The number of carbonyl (C=O) groups excluding carboxylic acids is 1. The van der Waals surface area contributed by atoms with Gasteiger partial charge in [-0.1, -0.05) is 19.2 Å². The van der Waals surface area contributed by atoms with Gasteiger partial charge in [0, 0.05) is 44.3 Å². The summed E-state index contributed by atoms with van der Waals surface area (Å²) >= 11 is 0. The van der Waals surface area contributed by atoms with Crippen molar-refractivity contribution in [3.8, 4) is 0 Å². The molecule has 0 unspecified atom stereocenters. The molecule has 0 aliphatic carbocycles. The highest BCUT2D eigenvalue weighted by Gasteiger charge is 2.24. The van der Waals surface area contributed by atoms with Crippen LogP contribution >= 0.6 is 0 Å². The van der Waals surface area contributed by atoms with Crippen LogP contribution in [0.3, 0.4) is 0 Å². The number of nitrogens with zero attached hydrogens (tertiary/aromatic N) is 6. The first-order valence-electron chi connectivity index (χ1n) is 9.44. The van der Waals surface area contributed by atoms with E-state index in [-0.39, 0.29) is 6.09 Å². The molecular formula is C20H25N7O2. The number of ether oxygens (including phenoxy) is 1. The second-order valence-corrected chi connectivity index (χ2v) is 6.50. The topological polar surface area (TPSA) is 96.4 Å². The molecule has 1 amide bonds. The number of aromatic nitrogens is 4. The standard InChI is InChI=1S/C20H25N7O2/c1-5-7-15(14(3)4)23-18-16-17(22-9-8-21-16)24-19(25-18)26-10-12-27(13-11-26)20(28)29-6-2/h5,7-9H,1,3,6,10-13H2,2,4H3,(H,22,23,24,25)/b15-7+. The average molecular weight is 395 g/mol. The number of rotatable bonds is 6. The molecule has 0 spiro atoms. The quantitative estimate of drug-likeness (QED) is 0.746. The van der Waals surface area contributed by atoms with Gasteiger partial charge in [-0.2, -0.15) is 9.97 Å². The molecule has 1 fully saturated rings. The van der Waals surface area contributed by atoms with Gasteiger partial charge in [-0.3, -0.25) is 0 Å². The van der Waals surface area contributed by atoms with Crippen LogP contribution in [0.2, 0.25) is 0 Å². The fraction of sp³-hybridized carbons (Fsp3) is 0.350. The minimum absolute atomic E-state index is 0.291. The van der Waals surface area contributed by atoms with Gasteiger partial charge < -0.3 is 19.9 Å². The lowest BCUT2D eigenvalue weighted by Gasteiger charge is -2.34. The lowest BCUT2D eigenvalue weighted by molar-refractivity contribution is 0.105. The zero-order chi connectivity index (χ0) is 20.8. The van der Waals surface area contributed by atoms with E-state index in [1.807, 2.05) is 17.9 Å². The second-order valence-electron chi connectivity index (χ2n) is 6.50. The first-order chi connectivity index (χ1) is 14.0. The number of nitrogens with one attached hydrogen (secondary N) is 1. The zero-order valence-corrected chi connectivity index (χ0v) is 16.8. The third-order valence-electron chi connectivity index (χ3n) is 4.41. The van der Waals surface area contributed by atoms with E-state index in [1.165, 1.54) is 0 Å². The van der Waals surface area contributed by atoms with Gasteiger partial charge in [0.05, 0.1) is 6.61 Å². The van der Waals surface area contributed by atoms with E-state index in [4.69, 9.17) is 4.74 Å². The van der Waals surface area contributed by atoms with Crippen LogP contribution in [0.1, 0.15) is 13.8 Å². The molecule has 152 valence electrons. The lowest BCUT2D eigenvalue weighted by atomic mass is 10.2. The molecule has 1 N–H and O–H groups in total. The Morgan fingerprint density at radius 3 is 2.62 bits per heavy atom. The normalized spacial score (nSPS) is 14.6. The maximum atomic E-state index is 11.9. The van der Waals surface area contributed by atoms with E-state index in [0.717, 1.165) is 11.3 Å². The number of carbonyl (C=O) groups is 1. The molecule has 0 aromatic carbocycles. The summed E-state index contributed by atoms with van der Waals surface area (Å²) in [6.45, 7) is 14.1. The first kappa shape index (κ1) is 20.2. The van der Waals surface area contributed by atoms with E-state index in [0.29, 0.717) is 55.7 Å². The van der Waals surface area contributed by atoms with Gasteiger partial charge in [-0.05, 0) is 25.5 Å². The number of fused-ring (bicyclic) bond motifs is 1. The smallest absolute Gasteiger partial charge is 0.409 e. The summed E-state index contributed by atoms with van der Waals surface area (Å²) in [7, 11) is 0. The Morgan fingerprint density at radius 2 is 1.97 bits per heavy atom. The monoisotopic (exact) mass is 395 g/mol. The fourth-order valence-electron chi connectivity index (χ4n) is 2.92. The van der Waals surface area contributed by atoms with Crippen LogP contribution < -0.4 is 10.2 Å². The molecule has 0 bridgehead atoms. The van der Waals surface area contributed by atoms with E-state index >= 15 is 0 Å². The highest BCUT2D eigenvalue weighted by atomic mass is 16.6. The molecule has 2 aromatic heterocycles. The van der Waals surface area contributed by atoms with Gasteiger partial charge >= 0.3 is 6.09 Å². The fourth-order valence-corrected chi connectivity index (χ4v) is 2.92. The Morgan fingerprint density at radius 1 is 1.24 bits per heavy atom. The molecule has 1 saturated heterocycles. The molecule has 3 rings (SSSR count). The molecular weight excluding hydrogens is 370 g/mol. The Bertz CT molecular complexity index is 949. The van der Waals surface area contributed by atoms with Crippen molar-refractivity contribution in [1.29, 1.82) is 0 Å². The summed E-state index contributed by atoms with van der Waals surface area (Å²) in [6, 6.07) is 0. The molecule has 0 atom stereocenters.